The predicted molar refractivity (Wildman–Crippen MR) is 78.1 cm³/mol. The number of benzene rings is 2. The maximum Gasteiger partial charge on any atom is 0.241 e. The minimum atomic E-state index is -0.119. The molecule has 2 aromatic carbocycles. The molecule has 3 nitrogen and oxygen atoms in total. The van der Waals surface area contributed by atoms with Crippen LogP contribution in [0.4, 0.5) is 5.69 Å². The van der Waals surface area contributed by atoms with Crippen LogP contribution in [0.1, 0.15) is 5.56 Å². The van der Waals surface area contributed by atoms with Gasteiger partial charge in [0.05, 0.1) is 13.1 Å². The first kappa shape index (κ1) is 13.6. The van der Waals surface area contributed by atoms with E-state index >= 15 is 0 Å². The van der Waals surface area contributed by atoms with E-state index in [1.807, 2.05) is 42.5 Å². The van der Waals surface area contributed by atoms with E-state index in [2.05, 4.69) is 0 Å². The zero-order valence-corrected chi connectivity index (χ0v) is 11.2. The summed E-state index contributed by atoms with van der Waals surface area (Å²) < 4.78 is 0. The molecule has 0 fully saturated rings. The smallest absolute Gasteiger partial charge is 0.241 e. The summed E-state index contributed by atoms with van der Waals surface area (Å²) in [6.07, 6.45) is 0. The van der Waals surface area contributed by atoms with Gasteiger partial charge >= 0.3 is 0 Å². The van der Waals surface area contributed by atoms with Crippen molar-refractivity contribution in [2.24, 2.45) is 5.73 Å². The second-order valence-electron chi connectivity index (χ2n) is 4.15. The van der Waals surface area contributed by atoms with E-state index in [1.165, 1.54) is 0 Å². The lowest BCUT2D eigenvalue weighted by molar-refractivity contribution is -0.117. The summed E-state index contributed by atoms with van der Waals surface area (Å²) in [5.41, 5.74) is 7.33. The van der Waals surface area contributed by atoms with Crippen molar-refractivity contribution < 1.29 is 4.79 Å². The first-order valence-electron chi connectivity index (χ1n) is 6.00. The lowest BCUT2D eigenvalue weighted by Gasteiger charge is -2.22. The molecular formula is C15H15ClN2O. The Balaban J connectivity index is 2.26. The molecular weight excluding hydrogens is 260 g/mol. The van der Waals surface area contributed by atoms with Crippen LogP contribution in [-0.4, -0.2) is 12.5 Å². The summed E-state index contributed by atoms with van der Waals surface area (Å²) in [5.74, 6) is -0.119. The van der Waals surface area contributed by atoms with Gasteiger partial charge in [-0.3, -0.25) is 4.79 Å². The summed E-state index contributed by atoms with van der Waals surface area (Å²) in [4.78, 5) is 13.6. The van der Waals surface area contributed by atoms with Crippen LogP contribution in [-0.2, 0) is 11.3 Å². The second-order valence-corrected chi connectivity index (χ2v) is 4.58. The molecule has 0 saturated carbocycles. The average Bonchev–Trinajstić information content (AvgIpc) is 2.46. The maximum absolute atomic E-state index is 12.0. The van der Waals surface area contributed by atoms with Crippen molar-refractivity contribution in [1.29, 1.82) is 0 Å². The highest BCUT2D eigenvalue weighted by Gasteiger charge is 2.14. The number of carbonyl (C=O) groups excluding carboxylic acids is 1. The Morgan fingerprint density at radius 2 is 1.68 bits per heavy atom. The van der Waals surface area contributed by atoms with E-state index in [4.69, 9.17) is 17.3 Å². The van der Waals surface area contributed by atoms with Gasteiger partial charge in [-0.15, -0.1) is 0 Å². The van der Waals surface area contributed by atoms with Crippen molar-refractivity contribution in [3.63, 3.8) is 0 Å². The topological polar surface area (TPSA) is 46.3 Å². The van der Waals surface area contributed by atoms with Gasteiger partial charge in [-0.05, 0) is 29.8 Å². The fourth-order valence-corrected chi connectivity index (χ4v) is 1.95. The number of hydrogen-bond acceptors (Lipinski definition) is 2. The lowest BCUT2D eigenvalue weighted by atomic mass is 10.2. The van der Waals surface area contributed by atoms with E-state index in [-0.39, 0.29) is 12.5 Å². The number of rotatable bonds is 4. The number of amides is 1. The Hall–Kier alpha value is -1.84. The Morgan fingerprint density at radius 1 is 1.05 bits per heavy atom. The minimum absolute atomic E-state index is 0.0184. The van der Waals surface area contributed by atoms with E-state index in [0.29, 0.717) is 11.6 Å². The van der Waals surface area contributed by atoms with E-state index in [1.54, 1.807) is 17.0 Å². The number of anilines is 1. The van der Waals surface area contributed by atoms with E-state index in [0.717, 1.165) is 11.3 Å². The highest BCUT2D eigenvalue weighted by atomic mass is 35.5. The van der Waals surface area contributed by atoms with Crippen LogP contribution < -0.4 is 10.6 Å². The van der Waals surface area contributed by atoms with Crippen molar-refractivity contribution in [3.05, 3.63) is 65.2 Å². The number of carbonyl (C=O) groups is 1. The van der Waals surface area contributed by atoms with Crippen molar-refractivity contribution in [2.45, 2.75) is 6.54 Å². The van der Waals surface area contributed by atoms with Crippen molar-refractivity contribution >= 4 is 23.2 Å². The molecule has 0 heterocycles. The summed E-state index contributed by atoms with van der Waals surface area (Å²) in [6, 6.07) is 17.0. The molecule has 0 spiro atoms. The first-order valence-corrected chi connectivity index (χ1v) is 6.38. The highest BCUT2D eigenvalue weighted by Crippen LogP contribution is 2.20. The summed E-state index contributed by atoms with van der Waals surface area (Å²) in [6.45, 7) is 0.480. The zero-order chi connectivity index (χ0) is 13.7. The Bertz CT molecular complexity index is 540. The molecule has 0 unspecified atom stereocenters. The van der Waals surface area contributed by atoms with Crippen LogP contribution in [0.25, 0.3) is 0 Å². The van der Waals surface area contributed by atoms with Gasteiger partial charge in [0, 0.05) is 10.7 Å². The number of nitrogens with zero attached hydrogens (tertiary/aromatic N) is 1. The van der Waals surface area contributed by atoms with Gasteiger partial charge in [0.15, 0.2) is 0 Å². The Kier molecular flexibility index (Phi) is 4.55. The zero-order valence-electron chi connectivity index (χ0n) is 10.4. The van der Waals surface area contributed by atoms with Gasteiger partial charge in [-0.2, -0.15) is 0 Å². The molecule has 1 amide bonds. The molecule has 4 heteroatoms. The third kappa shape index (κ3) is 3.56. The van der Waals surface area contributed by atoms with Crippen molar-refractivity contribution in [3.8, 4) is 0 Å². The molecule has 0 saturated heterocycles. The van der Waals surface area contributed by atoms with Crippen LogP contribution >= 0.6 is 11.6 Å². The quantitative estimate of drug-likeness (QED) is 0.932. The molecule has 98 valence electrons. The molecule has 2 rings (SSSR count). The SMILES string of the molecule is NCC(=O)N(Cc1ccccc1)c1ccc(Cl)cc1. The number of nitrogens with two attached hydrogens (primary N) is 1. The molecule has 0 radical (unpaired) electrons. The standard InChI is InChI=1S/C15H15ClN2O/c16-13-6-8-14(9-7-13)18(15(19)10-17)11-12-4-2-1-3-5-12/h1-9H,10-11,17H2. The summed E-state index contributed by atoms with van der Waals surface area (Å²) in [5, 5.41) is 0.642. The Morgan fingerprint density at radius 3 is 2.26 bits per heavy atom. The van der Waals surface area contributed by atoms with Crippen LogP contribution in [0, 0.1) is 0 Å². The summed E-state index contributed by atoms with van der Waals surface area (Å²) >= 11 is 5.86. The van der Waals surface area contributed by atoms with Crippen LogP contribution in [0.15, 0.2) is 54.6 Å². The average molecular weight is 275 g/mol. The third-order valence-electron chi connectivity index (χ3n) is 2.80. The molecule has 2 aromatic rings. The molecule has 0 atom stereocenters. The monoisotopic (exact) mass is 274 g/mol. The Labute approximate surface area is 117 Å². The van der Waals surface area contributed by atoms with Crippen molar-refractivity contribution in [1.82, 2.24) is 0 Å². The normalized spacial score (nSPS) is 10.2. The van der Waals surface area contributed by atoms with Crippen LogP contribution in [0.5, 0.6) is 0 Å². The molecule has 2 N–H and O–H groups in total. The van der Waals surface area contributed by atoms with Crippen LogP contribution in [0.3, 0.4) is 0 Å². The van der Waals surface area contributed by atoms with Gasteiger partial charge in [0.1, 0.15) is 0 Å². The van der Waals surface area contributed by atoms with Gasteiger partial charge in [-0.25, -0.2) is 0 Å². The number of hydrogen-bond donors (Lipinski definition) is 1. The van der Waals surface area contributed by atoms with Gasteiger partial charge in [-0.1, -0.05) is 41.9 Å². The highest BCUT2D eigenvalue weighted by molar-refractivity contribution is 6.30. The lowest BCUT2D eigenvalue weighted by Crippen LogP contribution is -2.35. The molecule has 0 aliphatic rings. The molecule has 0 bridgehead atoms. The van der Waals surface area contributed by atoms with E-state index < -0.39 is 0 Å². The largest absolute Gasteiger partial charge is 0.322 e. The molecule has 19 heavy (non-hydrogen) atoms. The maximum atomic E-state index is 12.0. The van der Waals surface area contributed by atoms with Gasteiger partial charge < -0.3 is 10.6 Å². The fourth-order valence-electron chi connectivity index (χ4n) is 1.82. The molecule has 0 aromatic heterocycles. The van der Waals surface area contributed by atoms with Crippen LogP contribution in [0.2, 0.25) is 5.02 Å². The van der Waals surface area contributed by atoms with Crippen molar-refractivity contribution in [2.75, 3.05) is 11.4 Å². The summed E-state index contributed by atoms with van der Waals surface area (Å²) in [7, 11) is 0. The third-order valence-corrected chi connectivity index (χ3v) is 3.05. The molecule has 0 aliphatic heterocycles. The van der Waals surface area contributed by atoms with E-state index in [9.17, 15) is 4.79 Å². The van der Waals surface area contributed by atoms with Gasteiger partial charge in [0.25, 0.3) is 0 Å². The number of halogens is 1. The fraction of sp³-hybridized carbons (Fsp3) is 0.133. The predicted octanol–water partition coefficient (Wildman–Crippen LogP) is 2.83. The first-order chi connectivity index (χ1) is 9.20. The van der Waals surface area contributed by atoms with Gasteiger partial charge in [0.2, 0.25) is 5.91 Å². The molecule has 0 aliphatic carbocycles. The minimum Gasteiger partial charge on any atom is -0.322 e. The second kappa shape index (κ2) is 6.36.